The van der Waals surface area contributed by atoms with Gasteiger partial charge in [0.1, 0.15) is 0 Å². The third kappa shape index (κ3) is 5.75. The molecule has 3 aromatic rings. The summed E-state index contributed by atoms with van der Waals surface area (Å²) in [6.07, 6.45) is 2.23. The Morgan fingerprint density at radius 1 is 0.913 bits per heavy atom. The summed E-state index contributed by atoms with van der Waals surface area (Å²) in [5, 5.41) is 2.53. The molecule has 3 rings (SSSR count). The number of H-pyrrole nitrogens is 1. The summed E-state index contributed by atoms with van der Waals surface area (Å²) in [6, 6.07) is 17.0. The van der Waals surface area contributed by atoms with E-state index in [0.717, 1.165) is 6.42 Å². The summed E-state index contributed by atoms with van der Waals surface area (Å²) in [5.74, 6) is 5.63. The van der Waals surface area contributed by atoms with E-state index in [0.29, 0.717) is 0 Å². The van der Waals surface area contributed by atoms with Gasteiger partial charge in [-0.05, 0) is 32.0 Å². The third-order valence-electron chi connectivity index (χ3n) is 3.19. The largest absolute Gasteiger partial charge is 0.214 e. The maximum Gasteiger partial charge on any atom is 0.214 e. The van der Waals surface area contributed by atoms with Crippen molar-refractivity contribution in [3.05, 3.63) is 54.1 Å². The lowest BCUT2D eigenvalue weighted by Crippen LogP contribution is -2.06. The van der Waals surface area contributed by atoms with Gasteiger partial charge in [0.2, 0.25) is 11.0 Å². The van der Waals surface area contributed by atoms with Crippen LogP contribution in [0, 0.1) is 18.8 Å². The first-order valence-corrected chi connectivity index (χ1v) is 8.37. The molecule has 0 aliphatic carbocycles. The number of nitrogens with one attached hydrogen (secondary N) is 1. The Labute approximate surface area is 140 Å². The maximum atomic E-state index is 3.48. The molecule has 0 aliphatic rings. The van der Waals surface area contributed by atoms with E-state index in [4.69, 9.17) is 0 Å². The van der Waals surface area contributed by atoms with Crippen LogP contribution in [0.3, 0.4) is 0 Å². The fourth-order valence-electron chi connectivity index (χ4n) is 2.20. The lowest BCUT2D eigenvalue weighted by atomic mass is 10.1. The SMILES string of the molecule is CC#CCC.CCC.Cc1cccc2cc3ccccc3[nH+]c12. The molecular formula is C22H28N+. The Hall–Kier alpha value is -2.33. The number of pyridine rings is 1. The zero-order valence-electron chi connectivity index (χ0n) is 15.0. The Balaban J connectivity index is 0.000000281. The van der Waals surface area contributed by atoms with Gasteiger partial charge in [-0.15, -0.1) is 11.8 Å². The van der Waals surface area contributed by atoms with Crippen molar-refractivity contribution in [1.82, 2.24) is 0 Å². The molecule has 0 bridgehead atoms. The van der Waals surface area contributed by atoms with Gasteiger partial charge in [-0.1, -0.05) is 51.5 Å². The number of benzene rings is 2. The molecule has 0 fully saturated rings. The number of hydrogen-bond acceptors (Lipinski definition) is 0. The third-order valence-corrected chi connectivity index (χ3v) is 3.19. The lowest BCUT2D eigenvalue weighted by molar-refractivity contribution is -0.310. The topological polar surface area (TPSA) is 14.1 Å². The highest BCUT2D eigenvalue weighted by atomic mass is 14.7. The quantitative estimate of drug-likeness (QED) is 0.360. The molecule has 1 aromatic heterocycles. The van der Waals surface area contributed by atoms with Gasteiger partial charge < -0.3 is 0 Å². The van der Waals surface area contributed by atoms with Crippen molar-refractivity contribution < 1.29 is 4.98 Å². The zero-order valence-corrected chi connectivity index (χ0v) is 15.0. The van der Waals surface area contributed by atoms with E-state index in [1.54, 1.807) is 0 Å². The van der Waals surface area contributed by atoms with Crippen LogP contribution >= 0.6 is 0 Å². The molecule has 0 radical (unpaired) electrons. The molecule has 1 nitrogen and oxygen atoms in total. The van der Waals surface area contributed by atoms with Crippen LogP contribution in [0.25, 0.3) is 21.8 Å². The van der Waals surface area contributed by atoms with E-state index in [1.165, 1.54) is 33.8 Å². The average molecular weight is 306 g/mol. The number of para-hydroxylation sites is 2. The van der Waals surface area contributed by atoms with Gasteiger partial charge in [0.15, 0.2) is 0 Å². The smallest absolute Gasteiger partial charge is 0.204 e. The standard InChI is InChI=1S/C14H11N.C5H8.C3H8/c1-10-5-4-7-12-9-11-6-2-3-8-13(11)15-14(10)12;1-3-5-4-2;1-3-2/h2-9H,1H3;3H2,1-2H3;3H2,1-2H3/p+1. The highest BCUT2D eigenvalue weighted by molar-refractivity contribution is 5.89. The summed E-state index contributed by atoms with van der Waals surface area (Å²) in [6.45, 7) is 10.3. The predicted octanol–water partition coefficient (Wildman–Crippen LogP) is 5.95. The van der Waals surface area contributed by atoms with E-state index < -0.39 is 0 Å². The fourth-order valence-corrected chi connectivity index (χ4v) is 2.20. The Bertz CT molecular complexity index is 791. The Morgan fingerprint density at radius 3 is 2.17 bits per heavy atom. The summed E-state index contributed by atoms with van der Waals surface area (Å²) in [4.78, 5) is 3.48. The van der Waals surface area contributed by atoms with Gasteiger partial charge in [0.05, 0.1) is 0 Å². The number of aromatic nitrogens is 1. The maximum absolute atomic E-state index is 3.48. The van der Waals surface area contributed by atoms with E-state index in [2.05, 4.69) is 86.1 Å². The summed E-state index contributed by atoms with van der Waals surface area (Å²) in [5.41, 5.74) is 3.72. The van der Waals surface area contributed by atoms with E-state index in [1.807, 2.05) is 13.8 Å². The zero-order chi connectivity index (χ0) is 17.1. The minimum atomic E-state index is 0.983. The van der Waals surface area contributed by atoms with E-state index >= 15 is 0 Å². The van der Waals surface area contributed by atoms with Crippen molar-refractivity contribution >= 4 is 21.8 Å². The first kappa shape index (κ1) is 18.7. The molecule has 1 heterocycles. The molecule has 0 saturated heterocycles. The van der Waals surface area contributed by atoms with Crippen LogP contribution in [0.2, 0.25) is 0 Å². The van der Waals surface area contributed by atoms with Crippen molar-refractivity contribution in [3.8, 4) is 11.8 Å². The molecule has 0 aliphatic heterocycles. The van der Waals surface area contributed by atoms with Crippen molar-refractivity contribution in [2.24, 2.45) is 0 Å². The lowest BCUT2D eigenvalue weighted by Gasteiger charge is -1.97. The second kappa shape index (κ2) is 10.4. The van der Waals surface area contributed by atoms with Gasteiger partial charge >= 0.3 is 0 Å². The van der Waals surface area contributed by atoms with Crippen molar-refractivity contribution in [3.63, 3.8) is 0 Å². The summed E-state index contributed by atoms with van der Waals surface area (Å²) < 4.78 is 0. The average Bonchev–Trinajstić information content (AvgIpc) is 2.56. The van der Waals surface area contributed by atoms with Gasteiger partial charge in [-0.2, -0.15) is 0 Å². The minimum absolute atomic E-state index is 0.983. The second-order valence-electron chi connectivity index (χ2n) is 5.38. The first-order valence-electron chi connectivity index (χ1n) is 8.37. The minimum Gasteiger partial charge on any atom is -0.204 e. The van der Waals surface area contributed by atoms with Crippen molar-refractivity contribution in [2.75, 3.05) is 0 Å². The molecule has 0 amide bonds. The van der Waals surface area contributed by atoms with Crippen LogP contribution in [0.15, 0.2) is 48.5 Å². The molecule has 0 spiro atoms. The molecule has 120 valence electrons. The fraction of sp³-hybridized carbons (Fsp3) is 0.318. The first-order chi connectivity index (χ1) is 11.2. The highest BCUT2D eigenvalue weighted by Gasteiger charge is 2.06. The Morgan fingerprint density at radius 2 is 1.57 bits per heavy atom. The molecule has 0 unspecified atom stereocenters. The molecule has 1 N–H and O–H groups in total. The van der Waals surface area contributed by atoms with Crippen molar-refractivity contribution in [2.45, 2.75) is 47.5 Å². The Kier molecular flexibility index (Phi) is 8.47. The van der Waals surface area contributed by atoms with Crippen LogP contribution < -0.4 is 4.98 Å². The van der Waals surface area contributed by atoms with Crippen LogP contribution in [-0.2, 0) is 0 Å². The van der Waals surface area contributed by atoms with Crippen molar-refractivity contribution in [1.29, 1.82) is 0 Å². The normalized spacial score (nSPS) is 9.09. The number of aromatic amines is 1. The van der Waals surface area contributed by atoms with E-state index in [9.17, 15) is 0 Å². The molecule has 2 aromatic carbocycles. The summed E-state index contributed by atoms with van der Waals surface area (Å²) >= 11 is 0. The summed E-state index contributed by atoms with van der Waals surface area (Å²) in [7, 11) is 0. The van der Waals surface area contributed by atoms with E-state index in [-0.39, 0.29) is 0 Å². The number of hydrogen-bond donors (Lipinski definition) is 0. The highest BCUT2D eigenvalue weighted by Crippen LogP contribution is 2.18. The van der Waals surface area contributed by atoms with Crippen LogP contribution in [-0.4, -0.2) is 0 Å². The van der Waals surface area contributed by atoms with Crippen LogP contribution in [0.1, 0.15) is 46.1 Å². The monoisotopic (exact) mass is 306 g/mol. The number of rotatable bonds is 0. The molecule has 0 saturated carbocycles. The number of aryl methyl sites for hydroxylation is 1. The molecule has 0 atom stereocenters. The van der Waals surface area contributed by atoms with Crippen LogP contribution in [0.4, 0.5) is 0 Å². The predicted molar refractivity (Wildman–Crippen MR) is 102 cm³/mol. The van der Waals surface area contributed by atoms with Gasteiger partial charge in [0, 0.05) is 28.8 Å². The van der Waals surface area contributed by atoms with Gasteiger partial charge in [0.25, 0.3) is 0 Å². The van der Waals surface area contributed by atoms with Gasteiger partial charge in [-0.3, -0.25) is 0 Å². The molecule has 1 heteroatoms. The van der Waals surface area contributed by atoms with Gasteiger partial charge in [-0.25, -0.2) is 4.98 Å². The number of fused-ring (bicyclic) bond motifs is 2. The van der Waals surface area contributed by atoms with Crippen LogP contribution in [0.5, 0.6) is 0 Å². The molecule has 23 heavy (non-hydrogen) atoms. The second-order valence-corrected chi connectivity index (χ2v) is 5.38. The molecular weight excluding hydrogens is 278 g/mol.